The molecule has 0 aliphatic carbocycles. The number of pyridine rings is 1. The molecule has 14 heavy (non-hydrogen) atoms. The summed E-state index contributed by atoms with van der Waals surface area (Å²) >= 11 is 0. The summed E-state index contributed by atoms with van der Waals surface area (Å²) in [5.41, 5.74) is 0.177. The van der Waals surface area contributed by atoms with Crippen LogP contribution in [0.1, 0.15) is 24.3 Å². The summed E-state index contributed by atoms with van der Waals surface area (Å²) in [6, 6.07) is 4.82. The number of rotatable bonds is 3. The molecule has 4 heteroatoms. The highest BCUT2D eigenvalue weighted by molar-refractivity contribution is 5.90. The van der Waals surface area contributed by atoms with Gasteiger partial charge in [0.25, 0.3) is 5.69 Å². The molecular formula is C10H14N2O2. The molecule has 0 saturated carbocycles. The molecule has 0 spiro atoms. The molecule has 1 rings (SSSR count). The highest BCUT2D eigenvalue weighted by Crippen LogP contribution is 1.98. The quantitative estimate of drug-likeness (QED) is 0.528. The van der Waals surface area contributed by atoms with Crippen LogP contribution in [0.25, 0.3) is 0 Å². The van der Waals surface area contributed by atoms with E-state index in [-0.39, 0.29) is 11.6 Å². The summed E-state index contributed by atoms with van der Waals surface area (Å²) in [6.07, 6.45) is 1.33. The third kappa shape index (κ3) is 2.02. The highest BCUT2D eigenvalue weighted by Gasteiger charge is 2.19. The van der Waals surface area contributed by atoms with Crippen molar-refractivity contribution < 1.29 is 9.52 Å². The predicted molar refractivity (Wildman–Crippen MR) is 52.7 cm³/mol. The van der Waals surface area contributed by atoms with Crippen molar-refractivity contribution in [1.82, 2.24) is 4.90 Å². The van der Waals surface area contributed by atoms with Crippen molar-refractivity contribution in [2.75, 3.05) is 13.1 Å². The Hall–Kier alpha value is -1.58. The van der Waals surface area contributed by atoms with Crippen molar-refractivity contribution in [1.29, 1.82) is 0 Å². The van der Waals surface area contributed by atoms with Crippen LogP contribution in [0, 0.1) is 5.21 Å². The molecule has 4 nitrogen and oxygen atoms in total. The molecule has 1 aromatic rings. The molecule has 0 aliphatic rings. The Bertz CT molecular complexity index is 322. The zero-order valence-electron chi connectivity index (χ0n) is 8.43. The molecule has 0 unspecified atom stereocenters. The number of carbonyl (C=O) groups excluding carboxylic acids is 1. The zero-order chi connectivity index (χ0) is 10.6. The Kier molecular flexibility index (Phi) is 3.45. The monoisotopic (exact) mass is 194 g/mol. The fraction of sp³-hybridized carbons (Fsp3) is 0.400. The molecule has 0 fully saturated rings. The lowest BCUT2D eigenvalue weighted by molar-refractivity contribution is -0.608. The first-order valence-electron chi connectivity index (χ1n) is 4.68. The highest BCUT2D eigenvalue weighted by atomic mass is 16.5. The van der Waals surface area contributed by atoms with Crippen molar-refractivity contribution in [2.24, 2.45) is 0 Å². The summed E-state index contributed by atoms with van der Waals surface area (Å²) in [5, 5.41) is 11.3. The average molecular weight is 194 g/mol. The van der Waals surface area contributed by atoms with Gasteiger partial charge in [0, 0.05) is 25.2 Å². The third-order valence-corrected chi connectivity index (χ3v) is 2.09. The lowest BCUT2D eigenvalue weighted by Crippen LogP contribution is -2.41. The lowest BCUT2D eigenvalue weighted by Gasteiger charge is -2.17. The molecule has 0 bridgehead atoms. The Balaban J connectivity index is 2.94. The van der Waals surface area contributed by atoms with Crippen LogP contribution in [-0.4, -0.2) is 23.9 Å². The lowest BCUT2D eigenvalue weighted by atomic mass is 10.3. The van der Waals surface area contributed by atoms with Gasteiger partial charge in [0.2, 0.25) is 0 Å². The van der Waals surface area contributed by atoms with Crippen LogP contribution < -0.4 is 4.73 Å². The summed E-state index contributed by atoms with van der Waals surface area (Å²) in [6.45, 7) is 5.01. The fourth-order valence-electron chi connectivity index (χ4n) is 1.27. The SMILES string of the molecule is CCN(CC)C(=O)c1cccc[n+]1[O-]. The van der Waals surface area contributed by atoms with Gasteiger partial charge in [0.15, 0.2) is 6.20 Å². The molecule has 0 N–H and O–H groups in total. The number of carbonyl (C=O) groups is 1. The Morgan fingerprint density at radius 3 is 2.57 bits per heavy atom. The Labute approximate surface area is 83.4 Å². The van der Waals surface area contributed by atoms with Crippen molar-refractivity contribution in [3.05, 3.63) is 35.3 Å². The summed E-state index contributed by atoms with van der Waals surface area (Å²) in [4.78, 5) is 13.3. The molecule has 0 saturated heterocycles. The molecule has 0 radical (unpaired) electrons. The molecule has 0 atom stereocenters. The summed E-state index contributed by atoms with van der Waals surface area (Å²) in [7, 11) is 0. The second-order valence-corrected chi connectivity index (χ2v) is 2.89. The number of nitrogens with zero attached hydrogens (tertiary/aromatic N) is 2. The van der Waals surface area contributed by atoms with E-state index < -0.39 is 0 Å². The minimum atomic E-state index is -0.217. The normalized spacial score (nSPS) is 9.86. The van der Waals surface area contributed by atoms with Crippen LogP contribution in [0.2, 0.25) is 0 Å². The van der Waals surface area contributed by atoms with Crippen LogP contribution in [-0.2, 0) is 0 Å². The van der Waals surface area contributed by atoms with Gasteiger partial charge in [-0.1, -0.05) is 0 Å². The van der Waals surface area contributed by atoms with E-state index in [0.717, 1.165) is 0 Å². The van der Waals surface area contributed by atoms with E-state index in [1.807, 2.05) is 13.8 Å². The Morgan fingerprint density at radius 2 is 2.07 bits per heavy atom. The first kappa shape index (κ1) is 10.5. The summed E-state index contributed by atoms with van der Waals surface area (Å²) in [5.74, 6) is -0.217. The van der Waals surface area contributed by atoms with E-state index in [9.17, 15) is 10.0 Å². The second kappa shape index (κ2) is 4.60. The standard InChI is InChI=1S/C10H14N2O2/c1-3-11(4-2)10(13)9-7-5-6-8-12(9)14/h5-8H,3-4H2,1-2H3. The predicted octanol–water partition coefficient (Wildman–Crippen LogP) is 0.802. The van der Waals surface area contributed by atoms with E-state index in [0.29, 0.717) is 17.8 Å². The van der Waals surface area contributed by atoms with Gasteiger partial charge in [-0.3, -0.25) is 4.79 Å². The van der Waals surface area contributed by atoms with Crippen LogP contribution in [0.5, 0.6) is 0 Å². The maximum Gasteiger partial charge on any atom is 0.319 e. The van der Waals surface area contributed by atoms with Gasteiger partial charge in [0.1, 0.15) is 0 Å². The van der Waals surface area contributed by atoms with Crippen LogP contribution >= 0.6 is 0 Å². The minimum Gasteiger partial charge on any atom is -0.618 e. The van der Waals surface area contributed by atoms with E-state index in [2.05, 4.69) is 0 Å². The van der Waals surface area contributed by atoms with Crippen molar-refractivity contribution >= 4 is 5.91 Å². The number of hydrogen-bond acceptors (Lipinski definition) is 2. The van der Waals surface area contributed by atoms with Crippen molar-refractivity contribution in [2.45, 2.75) is 13.8 Å². The van der Waals surface area contributed by atoms with Crippen molar-refractivity contribution in [3.8, 4) is 0 Å². The van der Waals surface area contributed by atoms with E-state index in [1.165, 1.54) is 12.3 Å². The number of amides is 1. The largest absolute Gasteiger partial charge is 0.618 e. The Morgan fingerprint density at radius 1 is 1.43 bits per heavy atom. The van der Waals surface area contributed by atoms with Gasteiger partial charge in [-0.15, -0.1) is 0 Å². The van der Waals surface area contributed by atoms with Gasteiger partial charge in [-0.25, -0.2) is 0 Å². The maximum absolute atomic E-state index is 11.7. The fourth-order valence-corrected chi connectivity index (χ4v) is 1.27. The third-order valence-electron chi connectivity index (χ3n) is 2.09. The maximum atomic E-state index is 11.7. The second-order valence-electron chi connectivity index (χ2n) is 2.89. The topological polar surface area (TPSA) is 47.2 Å². The van der Waals surface area contributed by atoms with E-state index >= 15 is 0 Å². The van der Waals surface area contributed by atoms with Gasteiger partial charge >= 0.3 is 5.91 Å². The molecule has 76 valence electrons. The minimum absolute atomic E-state index is 0.177. The molecule has 1 amide bonds. The smallest absolute Gasteiger partial charge is 0.319 e. The zero-order valence-corrected chi connectivity index (χ0v) is 8.43. The van der Waals surface area contributed by atoms with Gasteiger partial charge in [-0.2, -0.15) is 4.73 Å². The average Bonchev–Trinajstić information content (AvgIpc) is 2.20. The molecule has 1 heterocycles. The number of aromatic nitrogens is 1. The first-order chi connectivity index (χ1) is 6.70. The van der Waals surface area contributed by atoms with Crippen LogP contribution in [0.15, 0.2) is 24.4 Å². The van der Waals surface area contributed by atoms with Gasteiger partial charge in [0.05, 0.1) is 0 Å². The van der Waals surface area contributed by atoms with E-state index in [4.69, 9.17) is 0 Å². The molecule has 0 aliphatic heterocycles. The number of hydrogen-bond donors (Lipinski definition) is 0. The van der Waals surface area contributed by atoms with Gasteiger partial charge in [-0.05, 0) is 19.9 Å². The molecule has 1 aromatic heterocycles. The van der Waals surface area contributed by atoms with Crippen LogP contribution in [0.3, 0.4) is 0 Å². The van der Waals surface area contributed by atoms with Crippen LogP contribution in [0.4, 0.5) is 0 Å². The summed E-state index contributed by atoms with van der Waals surface area (Å²) < 4.78 is 0.598. The molecular weight excluding hydrogens is 180 g/mol. The van der Waals surface area contributed by atoms with Crippen molar-refractivity contribution in [3.63, 3.8) is 0 Å². The van der Waals surface area contributed by atoms with Gasteiger partial charge < -0.3 is 10.1 Å². The van der Waals surface area contributed by atoms with E-state index in [1.54, 1.807) is 17.0 Å². The first-order valence-corrected chi connectivity index (χ1v) is 4.68. The molecule has 0 aromatic carbocycles.